The predicted molar refractivity (Wildman–Crippen MR) is 123 cm³/mol. The Balaban J connectivity index is 1.70. The molecule has 1 atom stereocenters. The van der Waals surface area contributed by atoms with Crippen LogP contribution in [0.2, 0.25) is 5.02 Å². The Kier molecular flexibility index (Phi) is 5.85. The minimum atomic E-state index is -3.53. The Morgan fingerprint density at radius 1 is 0.968 bits per heavy atom. The molecule has 1 amide bonds. The van der Waals surface area contributed by atoms with E-state index in [1.54, 1.807) is 12.1 Å². The van der Waals surface area contributed by atoms with Crippen molar-refractivity contribution in [2.45, 2.75) is 10.8 Å². The Morgan fingerprint density at radius 2 is 1.65 bits per heavy atom. The Hall–Kier alpha value is -3.09. The number of carbonyl (C=O) groups excluding carboxylic acids is 1. The summed E-state index contributed by atoms with van der Waals surface area (Å²) in [6.45, 7) is 0.252. The summed E-state index contributed by atoms with van der Waals surface area (Å²) < 4.78 is 24.2. The number of para-hydroxylation sites is 1. The standard InChI is InChI=1S/C24H21ClN2O3S/c1-31(29,30)23-13-7-4-10-18(23)24(28)27-15-19(16-8-2-5-11-21(16)25)20-14-26-22-12-6-3-9-17(20)22/h2-14,19,26H,15H2,1H3,(H,27,28). The number of fused-ring (bicyclic) bond motifs is 1. The maximum atomic E-state index is 12.9. The number of amides is 1. The van der Waals surface area contributed by atoms with E-state index in [1.165, 1.54) is 12.1 Å². The average molecular weight is 453 g/mol. The molecule has 31 heavy (non-hydrogen) atoms. The van der Waals surface area contributed by atoms with Gasteiger partial charge in [-0.2, -0.15) is 0 Å². The number of halogens is 1. The third kappa shape index (κ3) is 4.36. The summed E-state index contributed by atoms with van der Waals surface area (Å²) in [6, 6.07) is 21.7. The van der Waals surface area contributed by atoms with E-state index in [9.17, 15) is 13.2 Å². The van der Waals surface area contributed by atoms with Crippen LogP contribution < -0.4 is 5.32 Å². The fourth-order valence-electron chi connectivity index (χ4n) is 3.79. The number of hydrogen-bond donors (Lipinski definition) is 2. The first-order valence-electron chi connectivity index (χ1n) is 9.74. The summed E-state index contributed by atoms with van der Waals surface area (Å²) in [7, 11) is -3.53. The van der Waals surface area contributed by atoms with Crippen LogP contribution in [0.25, 0.3) is 10.9 Å². The van der Waals surface area contributed by atoms with E-state index in [1.807, 2.05) is 54.7 Å². The first-order chi connectivity index (χ1) is 14.9. The van der Waals surface area contributed by atoms with E-state index in [4.69, 9.17) is 11.6 Å². The van der Waals surface area contributed by atoms with Gasteiger partial charge >= 0.3 is 0 Å². The lowest BCUT2D eigenvalue weighted by molar-refractivity contribution is 0.0949. The molecule has 0 aliphatic rings. The molecular formula is C24H21ClN2O3S. The molecule has 3 aromatic carbocycles. The third-order valence-corrected chi connectivity index (χ3v) is 6.77. The first kappa shape index (κ1) is 21.2. The van der Waals surface area contributed by atoms with Gasteiger partial charge in [0, 0.05) is 40.8 Å². The molecule has 0 bridgehead atoms. The van der Waals surface area contributed by atoms with Crippen LogP contribution in [0.15, 0.2) is 83.9 Å². The molecule has 0 saturated heterocycles. The van der Waals surface area contributed by atoms with Crippen LogP contribution in [0.1, 0.15) is 27.4 Å². The lowest BCUT2D eigenvalue weighted by Gasteiger charge is -2.20. The second-order valence-electron chi connectivity index (χ2n) is 7.34. The molecule has 158 valence electrons. The number of H-pyrrole nitrogens is 1. The number of nitrogens with one attached hydrogen (secondary N) is 2. The highest BCUT2D eigenvalue weighted by atomic mass is 35.5. The van der Waals surface area contributed by atoms with E-state index < -0.39 is 15.7 Å². The second kappa shape index (κ2) is 8.57. The van der Waals surface area contributed by atoms with Crippen LogP contribution >= 0.6 is 11.6 Å². The number of aromatic nitrogens is 1. The van der Waals surface area contributed by atoms with Crippen LogP contribution in [-0.2, 0) is 9.84 Å². The van der Waals surface area contributed by atoms with Gasteiger partial charge in [-0.15, -0.1) is 0 Å². The largest absolute Gasteiger partial charge is 0.361 e. The summed E-state index contributed by atoms with van der Waals surface area (Å²) in [5.41, 5.74) is 3.00. The molecular weight excluding hydrogens is 432 g/mol. The average Bonchev–Trinajstić information content (AvgIpc) is 3.18. The van der Waals surface area contributed by atoms with E-state index in [2.05, 4.69) is 10.3 Å². The molecule has 1 unspecified atom stereocenters. The SMILES string of the molecule is CS(=O)(=O)c1ccccc1C(=O)NCC(c1ccccc1Cl)c1c[nH]c2ccccc12. The summed E-state index contributed by atoms with van der Waals surface area (Å²) in [5.74, 6) is -0.669. The van der Waals surface area contributed by atoms with Gasteiger partial charge < -0.3 is 10.3 Å². The third-order valence-electron chi connectivity index (χ3n) is 5.28. The van der Waals surface area contributed by atoms with Gasteiger partial charge in [0.25, 0.3) is 5.91 Å². The predicted octanol–water partition coefficient (Wildman–Crippen LogP) is 4.79. The lowest BCUT2D eigenvalue weighted by atomic mass is 9.90. The zero-order chi connectivity index (χ0) is 22.0. The van der Waals surface area contributed by atoms with Crippen molar-refractivity contribution in [1.82, 2.24) is 10.3 Å². The highest BCUT2D eigenvalue weighted by Crippen LogP contribution is 2.34. The Morgan fingerprint density at radius 3 is 2.42 bits per heavy atom. The van der Waals surface area contributed by atoms with Crippen molar-refractivity contribution in [3.05, 3.63) is 101 Å². The molecule has 1 aromatic heterocycles. The van der Waals surface area contributed by atoms with Crippen molar-refractivity contribution in [2.75, 3.05) is 12.8 Å². The fourth-order valence-corrected chi connectivity index (χ4v) is 4.95. The zero-order valence-electron chi connectivity index (χ0n) is 16.8. The summed E-state index contributed by atoms with van der Waals surface area (Å²) in [6.07, 6.45) is 3.02. The van der Waals surface area contributed by atoms with Gasteiger partial charge in [-0.3, -0.25) is 4.79 Å². The van der Waals surface area contributed by atoms with Crippen LogP contribution in [0.5, 0.6) is 0 Å². The van der Waals surface area contributed by atoms with E-state index in [-0.39, 0.29) is 22.9 Å². The zero-order valence-corrected chi connectivity index (χ0v) is 18.4. The van der Waals surface area contributed by atoms with Gasteiger partial charge in [0.2, 0.25) is 0 Å². The van der Waals surface area contributed by atoms with Crippen molar-refractivity contribution in [1.29, 1.82) is 0 Å². The fraction of sp³-hybridized carbons (Fsp3) is 0.125. The van der Waals surface area contributed by atoms with Crippen LogP contribution in [0, 0.1) is 0 Å². The molecule has 2 N–H and O–H groups in total. The number of benzene rings is 3. The van der Waals surface area contributed by atoms with Gasteiger partial charge in [0.15, 0.2) is 9.84 Å². The number of aromatic amines is 1. The maximum absolute atomic E-state index is 12.9. The molecule has 1 heterocycles. The molecule has 0 saturated carbocycles. The number of sulfone groups is 1. The number of carbonyl (C=O) groups is 1. The topological polar surface area (TPSA) is 79.0 Å². The maximum Gasteiger partial charge on any atom is 0.252 e. The van der Waals surface area contributed by atoms with Crippen LogP contribution in [0.4, 0.5) is 0 Å². The van der Waals surface area contributed by atoms with Crippen molar-refractivity contribution in [3.8, 4) is 0 Å². The summed E-state index contributed by atoms with van der Waals surface area (Å²) >= 11 is 6.50. The normalized spacial score (nSPS) is 12.6. The monoisotopic (exact) mass is 452 g/mol. The molecule has 4 aromatic rings. The number of hydrogen-bond acceptors (Lipinski definition) is 3. The smallest absolute Gasteiger partial charge is 0.252 e. The highest BCUT2D eigenvalue weighted by Gasteiger charge is 2.23. The summed E-state index contributed by atoms with van der Waals surface area (Å²) in [4.78, 5) is 16.2. The first-order valence-corrected chi connectivity index (χ1v) is 12.0. The van der Waals surface area contributed by atoms with Crippen LogP contribution in [-0.4, -0.2) is 32.1 Å². The van der Waals surface area contributed by atoms with Crippen molar-refractivity contribution < 1.29 is 13.2 Å². The molecule has 4 rings (SSSR count). The molecule has 5 nitrogen and oxygen atoms in total. The molecule has 0 spiro atoms. The lowest BCUT2D eigenvalue weighted by Crippen LogP contribution is -2.30. The minimum absolute atomic E-state index is 0.00823. The summed E-state index contributed by atoms with van der Waals surface area (Å²) in [5, 5.41) is 4.55. The van der Waals surface area contributed by atoms with E-state index >= 15 is 0 Å². The van der Waals surface area contributed by atoms with Gasteiger partial charge in [-0.1, -0.05) is 60.1 Å². The van der Waals surface area contributed by atoms with Crippen LogP contribution in [0.3, 0.4) is 0 Å². The minimum Gasteiger partial charge on any atom is -0.361 e. The molecule has 7 heteroatoms. The van der Waals surface area contributed by atoms with E-state index in [0.717, 1.165) is 28.3 Å². The van der Waals surface area contributed by atoms with Crippen molar-refractivity contribution in [3.63, 3.8) is 0 Å². The van der Waals surface area contributed by atoms with Crippen molar-refractivity contribution in [2.24, 2.45) is 0 Å². The van der Waals surface area contributed by atoms with Gasteiger partial charge in [-0.05, 0) is 35.4 Å². The van der Waals surface area contributed by atoms with Gasteiger partial charge in [0.1, 0.15) is 0 Å². The van der Waals surface area contributed by atoms with Gasteiger partial charge in [-0.25, -0.2) is 8.42 Å². The Labute approximate surface area is 186 Å². The quantitative estimate of drug-likeness (QED) is 0.441. The molecule has 0 radical (unpaired) electrons. The number of rotatable bonds is 6. The van der Waals surface area contributed by atoms with Crippen molar-refractivity contribution >= 4 is 38.2 Å². The Bertz CT molecular complexity index is 1360. The van der Waals surface area contributed by atoms with E-state index in [0.29, 0.717) is 5.02 Å². The molecule has 0 fully saturated rings. The molecule has 0 aliphatic heterocycles. The molecule has 0 aliphatic carbocycles. The second-order valence-corrected chi connectivity index (χ2v) is 9.73. The highest BCUT2D eigenvalue weighted by molar-refractivity contribution is 7.90. The van der Waals surface area contributed by atoms with Gasteiger partial charge in [0.05, 0.1) is 10.5 Å².